The van der Waals surface area contributed by atoms with Crippen LogP contribution in [-0.4, -0.2) is 21.6 Å². The SMILES string of the molecule is O=C(N=S1(=O)CCCC1)c1ccccc1. The second-order valence-corrected chi connectivity index (χ2v) is 6.19. The van der Waals surface area contributed by atoms with Gasteiger partial charge in [-0.05, 0) is 25.0 Å². The lowest BCUT2D eigenvalue weighted by molar-refractivity contribution is 0.100. The lowest BCUT2D eigenvalue weighted by Crippen LogP contribution is -2.05. The summed E-state index contributed by atoms with van der Waals surface area (Å²) < 4.78 is 15.8. The molecule has 0 bridgehead atoms. The van der Waals surface area contributed by atoms with E-state index < -0.39 is 9.73 Å². The fourth-order valence-electron chi connectivity index (χ4n) is 1.63. The van der Waals surface area contributed by atoms with Crippen molar-refractivity contribution in [3.8, 4) is 0 Å². The highest BCUT2D eigenvalue weighted by molar-refractivity contribution is 7.94. The van der Waals surface area contributed by atoms with E-state index in [4.69, 9.17) is 0 Å². The van der Waals surface area contributed by atoms with Crippen molar-refractivity contribution in [3.63, 3.8) is 0 Å². The van der Waals surface area contributed by atoms with Gasteiger partial charge in [-0.1, -0.05) is 18.2 Å². The summed E-state index contributed by atoms with van der Waals surface area (Å²) in [6.07, 6.45) is 1.84. The van der Waals surface area contributed by atoms with Crippen LogP contribution in [0.4, 0.5) is 0 Å². The molecule has 1 aromatic carbocycles. The van der Waals surface area contributed by atoms with Gasteiger partial charge in [0, 0.05) is 17.1 Å². The third-order valence-electron chi connectivity index (χ3n) is 2.45. The van der Waals surface area contributed by atoms with E-state index >= 15 is 0 Å². The molecular weight excluding hydrogens is 210 g/mol. The molecule has 0 radical (unpaired) electrons. The number of rotatable bonds is 1. The number of benzene rings is 1. The van der Waals surface area contributed by atoms with Gasteiger partial charge in [0.1, 0.15) is 0 Å². The topological polar surface area (TPSA) is 46.5 Å². The van der Waals surface area contributed by atoms with E-state index in [2.05, 4.69) is 4.36 Å². The van der Waals surface area contributed by atoms with Crippen LogP contribution in [0.15, 0.2) is 34.7 Å². The van der Waals surface area contributed by atoms with Gasteiger partial charge in [-0.3, -0.25) is 4.79 Å². The predicted molar refractivity (Wildman–Crippen MR) is 60.3 cm³/mol. The van der Waals surface area contributed by atoms with Crippen LogP contribution in [0, 0.1) is 0 Å². The summed E-state index contributed by atoms with van der Waals surface area (Å²) in [7, 11) is -2.23. The molecule has 0 unspecified atom stereocenters. The van der Waals surface area contributed by atoms with Crippen molar-refractivity contribution < 1.29 is 9.00 Å². The first kappa shape index (κ1) is 10.4. The third kappa shape index (κ3) is 2.45. The van der Waals surface area contributed by atoms with Gasteiger partial charge in [-0.2, -0.15) is 4.36 Å². The van der Waals surface area contributed by atoms with Crippen molar-refractivity contribution >= 4 is 15.6 Å². The van der Waals surface area contributed by atoms with Crippen LogP contribution in [0.25, 0.3) is 0 Å². The fourth-order valence-corrected chi connectivity index (χ4v) is 3.74. The van der Waals surface area contributed by atoms with Crippen LogP contribution in [0.5, 0.6) is 0 Å². The Kier molecular flexibility index (Phi) is 2.86. The summed E-state index contributed by atoms with van der Waals surface area (Å²) in [6, 6.07) is 8.80. The van der Waals surface area contributed by atoms with Gasteiger partial charge in [0.2, 0.25) is 0 Å². The van der Waals surface area contributed by atoms with E-state index in [0.29, 0.717) is 17.1 Å². The van der Waals surface area contributed by atoms with E-state index in [1.807, 2.05) is 6.07 Å². The van der Waals surface area contributed by atoms with Crippen molar-refractivity contribution in [2.45, 2.75) is 12.8 Å². The highest BCUT2D eigenvalue weighted by Gasteiger charge is 2.18. The minimum atomic E-state index is -2.23. The second-order valence-electron chi connectivity index (χ2n) is 3.65. The van der Waals surface area contributed by atoms with Crippen LogP contribution in [-0.2, 0) is 9.73 Å². The van der Waals surface area contributed by atoms with Crippen LogP contribution < -0.4 is 0 Å². The highest BCUT2D eigenvalue weighted by atomic mass is 32.2. The number of amides is 1. The van der Waals surface area contributed by atoms with E-state index in [1.165, 1.54) is 0 Å². The van der Waals surface area contributed by atoms with E-state index in [1.54, 1.807) is 24.3 Å². The van der Waals surface area contributed by atoms with Gasteiger partial charge >= 0.3 is 0 Å². The summed E-state index contributed by atoms with van der Waals surface area (Å²) in [4.78, 5) is 11.7. The monoisotopic (exact) mass is 223 g/mol. The second kappa shape index (κ2) is 4.14. The molecule has 1 heterocycles. The Hall–Kier alpha value is -1.16. The Morgan fingerprint density at radius 1 is 1.13 bits per heavy atom. The fraction of sp³-hybridized carbons (Fsp3) is 0.364. The molecule has 4 heteroatoms. The number of carbonyl (C=O) groups excluding carboxylic acids is 1. The third-order valence-corrected chi connectivity index (χ3v) is 4.80. The molecule has 1 aliphatic rings. The maximum atomic E-state index is 12.0. The summed E-state index contributed by atoms with van der Waals surface area (Å²) in [5.74, 6) is 0.805. The zero-order chi connectivity index (χ0) is 10.7. The van der Waals surface area contributed by atoms with E-state index in [0.717, 1.165) is 12.8 Å². The Morgan fingerprint density at radius 2 is 1.73 bits per heavy atom. The predicted octanol–water partition coefficient (Wildman–Crippen LogP) is 2.09. The quantitative estimate of drug-likeness (QED) is 0.731. The molecule has 1 aliphatic heterocycles. The standard InChI is InChI=1S/C11H13NO2S/c13-11(10-6-2-1-3-7-10)12-15(14)8-4-5-9-15/h1-3,6-7H,4-5,8-9H2. The van der Waals surface area contributed by atoms with Gasteiger partial charge in [-0.15, -0.1) is 0 Å². The van der Waals surface area contributed by atoms with Gasteiger partial charge in [-0.25, -0.2) is 4.21 Å². The molecule has 0 spiro atoms. The lowest BCUT2D eigenvalue weighted by Gasteiger charge is -1.99. The molecule has 1 saturated heterocycles. The molecule has 0 aromatic heterocycles. The van der Waals surface area contributed by atoms with Crippen LogP contribution >= 0.6 is 0 Å². The van der Waals surface area contributed by atoms with Crippen molar-refractivity contribution in [1.82, 2.24) is 0 Å². The first-order valence-corrected chi connectivity index (χ1v) is 6.87. The Morgan fingerprint density at radius 3 is 2.33 bits per heavy atom. The largest absolute Gasteiger partial charge is 0.285 e. The van der Waals surface area contributed by atoms with Crippen LogP contribution in [0.1, 0.15) is 23.2 Å². The molecule has 1 fully saturated rings. The molecule has 3 nitrogen and oxygen atoms in total. The number of nitrogens with zero attached hydrogens (tertiary/aromatic N) is 1. The average molecular weight is 223 g/mol. The Bertz CT molecular complexity index is 461. The van der Waals surface area contributed by atoms with Crippen LogP contribution in [0.2, 0.25) is 0 Å². The first-order valence-electron chi connectivity index (χ1n) is 5.02. The number of hydrogen-bond acceptors (Lipinski definition) is 2. The number of carbonyl (C=O) groups is 1. The summed E-state index contributed by atoms with van der Waals surface area (Å²) in [5.41, 5.74) is 0.520. The zero-order valence-electron chi connectivity index (χ0n) is 8.39. The molecular formula is C11H13NO2S. The van der Waals surface area contributed by atoms with Gasteiger partial charge in [0.25, 0.3) is 5.91 Å². The Labute approximate surface area is 89.7 Å². The van der Waals surface area contributed by atoms with Gasteiger partial charge < -0.3 is 0 Å². The zero-order valence-corrected chi connectivity index (χ0v) is 9.20. The van der Waals surface area contributed by atoms with Crippen molar-refractivity contribution in [2.24, 2.45) is 4.36 Å². The molecule has 15 heavy (non-hydrogen) atoms. The number of hydrogen-bond donors (Lipinski definition) is 0. The average Bonchev–Trinajstić information content (AvgIpc) is 2.66. The van der Waals surface area contributed by atoms with Crippen molar-refractivity contribution in [3.05, 3.63) is 35.9 Å². The van der Waals surface area contributed by atoms with Crippen molar-refractivity contribution in [1.29, 1.82) is 0 Å². The Balaban J connectivity index is 2.27. The minimum absolute atomic E-state index is 0.345. The van der Waals surface area contributed by atoms with Gasteiger partial charge in [0.15, 0.2) is 0 Å². The molecule has 0 saturated carbocycles. The van der Waals surface area contributed by atoms with Crippen LogP contribution in [0.3, 0.4) is 0 Å². The highest BCUT2D eigenvalue weighted by Crippen LogP contribution is 2.14. The molecule has 0 atom stereocenters. The van der Waals surface area contributed by atoms with E-state index in [9.17, 15) is 9.00 Å². The maximum Gasteiger partial charge on any atom is 0.285 e. The first-order chi connectivity index (χ1) is 7.20. The summed E-state index contributed by atoms with van der Waals surface area (Å²) in [6.45, 7) is 0. The van der Waals surface area contributed by atoms with Crippen molar-refractivity contribution in [2.75, 3.05) is 11.5 Å². The minimum Gasteiger partial charge on any atom is -0.266 e. The summed E-state index contributed by atoms with van der Waals surface area (Å²) in [5, 5.41) is 0. The molecule has 2 rings (SSSR count). The van der Waals surface area contributed by atoms with Gasteiger partial charge in [0.05, 0.1) is 9.73 Å². The normalized spacial score (nSPS) is 18.7. The van der Waals surface area contributed by atoms with E-state index in [-0.39, 0.29) is 5.91 Å². The smallest absolute Gasteiger partial charge is 0.266 e. The molecule has 1 aromatic rings. The molecule has 0 aliphatic carbocycles. The lowest BCUT2D eigenvalue weighted by atomic mass is 10.2. The molecule has 0 N–H and O–H groups in total. The summed E-state index contributed by atoms with van der Waals surface area (Å²) >= 11 is 0. The molecule has 80 valence electrons. The maximum absolute atomic E-state index is 12.0. The molecule has 1 amide bonds.